The molecule has 6 nitrogen and oxygen atoms in total. The van der Waals surface area contributed by atoms with E-state index in [2.05, 4.69) is 10.4 Å². The quantitative estimate of drug-likeness (QED) is 0.755. The SMILES string of the molecule is Cc1cc(C)n(CCNC(=O)CCCC(=O)O)n1. The Bertz CT molecular complexity index is 426. The number of hydrogen-bond acceptors (Lipinski definition) is 3. The van der Waals surface area contributed by atoms with E-state index >= 15 is 0 Å². The molecular weight excluding hydrogens is 234 g/mol. The minimum Gasteiger partial charge on any atom is -0.481 e. The van der Waals surface area contributed by atoms with Crippen LogP contribution in [-0.2, 0) is 16.1 Å². The second kappa shape index (κ2) is 6.78. The average molecular weight is 253 g/mol. The topological polar surface area (TPSA) is 84.2 Å². The second-order valence-electron chi connectivity index (χ2n) is 4.25. The largest absolute Gasteiger partial charge is 0.481 e. The zero-order valence-electron chi connectivity index (χ0n) is 10.8. The van der Waals surface area contributed by atoms with Crippen molar-refractivity contribution in [3.63, 3.8) is 0 Å². The van der Waals surface area contributed by atoms with E-state index in [0.717, 1.165) is 11.4 Å². The number of carbonyl (C=O) groups excluding carboxylic acids is 1. The van der Waals surface area contributed by atoms with E-state index in [1.165, 1.54) is 0 Å². The van der Waals surface area contributed by atoms with E-state index in [1.807, 2.05) is 24.6 Å². The van der Waals surface area contributed by atoms with Crippen LogP contribution in [0.1, 0.15) is 30.7 Å². The molecule has 1 rings (SSSR count). The smallest absolute Gasteiger partial charge is 0.303 e. The van der Waals surface area contributed by atoms with Gasteiger partial charge in [-0.15, -0.1) is 0 Å². The summed E-state index contributed by atoms with van der Waals surface area (Å²) in [4.78, 5) is 21.6. The molecule has 0 atom stereocenters. The Balaban J connectivity index is 2.19. The van der Waals surface area contributed by atoms with Gasteiger partial charge in [-0.1, -0.05) is 0 Å². The predicted octanol–water partition coefficient (Wildman–Crippen LogP) is 0.871. The fraction of sp³-hybridized carbons (Fsp3) is 0.583. The molecule has 0 aliphatic carbocycles. The number of nitrogens with zero attached hydrogens (tertiary/aromatic N) is 2. The van der Waals surface area contributed by atoms with Crippen molar-refractivity contribution in [3.8, 4) is 0 Å². The maximum absolute atomic E-state index is 11.4. The summed E-state index contributed by atoms with van der Waals surface area (Å²) in [5, 5.41) is 15.5. The molecule has 0 aromatic carbocycles. The fourth-order valence-corrected chi connectivity index (χ4v) is 1.69. The number of carbonyl (C=O) groups is 2. The fourth-order valence-electron chi connectivity index (χ4n) is 1.69. The van der Waals surface area contributed by atoms with Gasteiger partial charge < -0.3 is 10.4 Å². The van der Waals surface area contributed by atoms with Crippen molar-refractivity contribution in [3.05, 3.63) is 17.5 Å². The molecule has 0 saturated carbocycles. The number of carboxylic acid groups (broad SMARTS) is 1. The van der Waals surface area contributed by atoms with Crippen molar-refractivity contribution >= 4 is 11.9 Å². The van der Waals surface area contributed by atoms with Gasteiger partial charge in [-0.2, -0.15) is 5.10 Å². The number of hydrogen-bond donors (Lipinski definition) is 2. The number of nitrogens with one attached hydrogen (secondary N) is 1. The van der Waals surface area contributed by atoms with Crippen LogP contribution in [0.5, 0.6) is 0 Å². The molecule has 0 bridgehead atoms. The van der Waals surface area contributed by atoms with E-state index in [9.17, 15) is 9.59 Å². The van der Waals surface area contributed by atoms with Crippen LogP contribution in [0.2, 0.25) is 0 Å². The number of aromatic nitrogens is 2. The summed E-state index contributed by atoms with van der Waals surface area (Å²) in [5.41, 5.74) is 2.02. The molecule has 0 saturated heterocycles. The third kappa shape index (κ3) is 4.99. The molecule has 0 aliphatic heterocycles. The Morgan fingerprint density at radius 1 is 1.39 bits per heavy atom. The first-order chi connectivity index (χ1) is 8.49. The Labute approximate surface area is 106 Å². The molecule has 2 N–H and O–H groups in total. The highest BCUT2D eigenvalue weighted by Gasteiger charge is 2.04. The standard InChI is InChI=1S/C12H19N3O3/c1-9-8-10(2)15(14-9)7-6-13-11(16)4-3-5-12(17)18/h8H,3-7H2,1-2H3,(H,13,16)(H,17,18). The third-order valence-corrected chi connectivity index (χ3v) is 2.54. The number of amides is 1. The summed E-state index contributed by atoms with van der Waals surface area (Å²) in [6, 6.07) is 1.98. The van der Waals surface area contributed by atoms with Crippen LogP contribution in [0, 0.1) is 13.8 Å². The van der Waals surface area contributed by atoms with Crippen molar-refractivity contribution in [2.24, 2.45) is 0 Å². The Morgan fingerprint density at radius 3 is 2.67 bits per heavy atom. The lowest BCUT2D eigenvalue weighted by Crippen LogP contribution is -2.27. The molecule has 0 aliphatic rings. The molecule has 1 heterocycles. The molecule has 18 heavy (non-hydrogen) atoms. The van der Waals surface area contributed by atoms with Gasteiger partial charge in [-0.3, -0.25) is 14.3 Å². The van der Waals surface area contributed by atoms with Crippen LogP contribution < -0.4 is 5.32 Å². The van der Waals surface area contributed by atoms with E-state index < -0.39 is 5.97 Å². The molecule has 1 aromatic rings. The number of rotatable bonds is 7. The first-order valence-electron chi connectivity index (χ1n) is 5.98. The summed E-state index contributed by atoms with van der Waals surface area (Å²) >= 11 is 0. The molecule has 6 heteroatoms. The first-order valence-corrected chi connectivity index (χ1v) is 5.98. The summed E-state index contributed by atoms with van der Waals surface area (Å²) in [6.07, 6.45) is 0.662. The number of aliphatic carboxylic acids is 1. The van der Waals surface area contributed by atoms with Gasteiger partial charge in [-0.05, 0) is 26.3 Å². The summed E-state index contributed by atoms with van der Waals surface area (Å²) in [5.74, 6) is -0.983. The highest BCUT2D eigenvalue weighted by molar-refractivity contribution is 5.76. The zero-order valence-corrected chi connectivity index (χ0v) is 10.8. The summed E-state index contributed by atoms with van der Waals surface area (Å²) < 4.78 is 1.84. The molecule has 0 radical (unpaired) electrons. The van der Waals surface area contributed by atoms with E-state index in [1.54, 1.807) is 0 Å². The zero-order chi connectivity index (χ0) is 13.5. The van der Waals surface area contributed by atoms with Crippen molar-refractivity contribution in [2.75, 3.05) is 6.54 Å². The minimum absolute atomic E-state index is 0.0326. The van der Waals surface area contributed by atoms with Crippen LogP contribution in [0.4, 0.5) is 0 Å². The molecule has 0 unspecified atom stereocenters. The first kappa shape index (κ1) is 14.2. The molecule has 100 valence electrons. The van der Waals surface area contributed by atoms with E-state index in [0.29, 0.717) is 19.5 Å². The Hall–Kier alpha value is -1.85. The number of aryl methyl sites for hydroxylation is 2. The van der Waals surface area contributed by atoms with E-state index in [-0.39, 0.29) is 18.7 Å². The molecule has 0 spiro atoms. The van der Waals surface area contributed by atoms with Crippen molar-refractivity contribution in [1.82, 2.24) is 15.1 Å². The van der Waals surface area contributed by atoms with Crippen LogP contribution >= 0.6 is 0 Å². The van der Waals surface area contributed by atoms with Crippen molar-refractivity contribution in [1.29, 1.82) is 0 Å². The molecular formula is C12H19N3O3. The third-order valence-electron chi connectivity index (χ3n) is 2.54. The highest BCUT2D eigenvalue weighted by Crippen LogP contribution is 2.00. The highest BCUT2D eigenvalue weighted by atomic mass is 16.4. The van der Waals surface area contributed by atoms with Crippen LogP contribution in [0.25, 0.3) is 0 Å². The van der Waals surface area contributed by atoms with Gasteiger partial charge in [0.05, 0.1) is 12.2 Å². The Morgan fingerprint density at radius 2 is 2.11 bits per heavy atom. The van der Waals surface area contributed by atoms with Crippen LogP contribution in [0.3, 0.4) is 0 Å². The maximum atomic E-state index is 11.4. The van der Waals surface area contributed by atoms with Crippen LogP contribution in [-0.4, -0.2) is 33.3 Å². The molecule has 0 fully saturated rings. The van der Waals surface area contributed by atoms with Gasteiger partial charge in [-0.25, -0.2) is 0 Å². The average Bonchev–Trinajstić information content (AvgIpc) is 2.57. The Kier molecular flexibility index (Phi) is 5.35. The van der Waals surface area contributed by atoms with Gasteiger partial charge in [0.2, 0.25) is 5.91 Å². The number of carboxylic acids is 1. The lowest BCUT2D eigenvalue weighted by Gasteiger charge is -2.06. The summed E-state index contributed by atoms with van der Waals surface area (Å²) in [7, 11) is 0. The predicted molar refractivity (Wildman–Crippen MR) is 66.2 cm³/mol. The monoisotopic (exact) mass is 253 g/mol. The normalized spacial score (nSPS) is 10.3. The van der Waals surface area contributed by atoms with Gasteiger partial charge in [0.1, 0.15) is 0 Å². The van der Waals surface area contributed by atoms with Gasteiger partial charge in [0.15, 0.2) is 0 Å². The lowest BCUT2D eigenvalue weighted by molar-refractivity contribution is -0.137. The van der Waals surface area contributed by atoms with E-state index in [4.69, 9.17) is 5.11 Å². The van der Waals surface area contributed by atoms with Crippen molar-refractivity contribution < 1.29 is 14.7 Å². The van der Waals surface area contributed by atoms with Crippen LogP contribution in [0.15, 0.2) is 6.07 Å². The van der Waals surface area contributed by atoms with Crippen molar-refractivity contribution in [2.45, 2.75) is 39.7 Å². The second-order valence-corrected chi connectivity index (χ2v) is 4.25. The minimum atomic E-state index is -0.870. The van der Waals surface area contributed by atoms with Gasteiger partial charge in [0.25, 0.3) is 0 Å². The molecule has 1 amide bonds. The van der Waals surface area contributed by atoms with Gasteiger partial charge >= 0.3 is 5.97 Å². The lowest BCUT2D eigenvalue weighted by atomic mass is 10.2. The summed E-state index contributed by atoms with van der Waals surface area (Å²) in [6.45, 7) is 5.03. The molecule has 1 aromatic heterocycles. The maximum Gasteiger partial charge on any atom is 0.303 e. The van der Waals surface area contributed by atoms with Gasteiger partial charge in [0, 0.05) is 25.1 Å².